The third kappa shape index (κ3) is 3.83. The maximum absolute atomic E-state index is 11.8. The summed E-state index contributed by atoms with van der Waals surface area (Å²) in [5, 5.41) is 4.14. The first-order chi connectivity index (χ1) is 12.7. The number of hydrogen-bond donors (Lipinski definition) is 0. The van der Waals surface area contributed by atoms with Gasteiger partial charge in [-0.2, -0.15) is 5.10 Å². The number of piperazine rings is 1. The first-order valence-corrected chi connectivity index (χ1v) is 9.46. The van der Waals surface area contributed by atoms with Crippen LogP contribution in [0.15, 0.2) is 39.9 Å². The van der Waals surface area contributed by atoms with E-state index < -0.39 is 0 Å². The first kappa shape index (κ1) is 17.3. The lowest BCUT2D eigenvalue weighted by Gasteiger charge is -2.43. The van der Waals surface area contributed by atoms with Crippen LogP contribution in [0.25, 0.3) is 0 Å². The summed E-state index contributed by atoms with van der Waals surface area (Å²) in [4.78, 5) is 19.2. The molecule has 0 bridgehead atoms. The van der Waals surface area contributed by atoms with Crippen LogP contribution in [-0.2, 0) is 13.6 Å². The van der Waals surface area contributed by atoms with Crippen molar-refractivity contribution < 1.29 is 4.42 Å². The average molecular weight is 357 g/mol. The maximum Gasteiger partial charge on any atom is 0.268 e. The predicted molar refractivity (Wildman–Crippen MR) is 100 cm³/mol. The van der Waals surface area contributed by atoms with E-state index in [1.54, 1.807) is 25.6 Å². The normalized spacial score (nSPS) is 20.6. The minimum absolute atomic E-state index is 0.0474. The van der Waals surface area contributed by atoms with Crippen molar-refractivity contribution >= 4 is 5.69 Å². The molecule has 2 aliphatic rings. The zero-order valence-electron chi connectivity index (χ0n) is 15.4. The van der Waals surface area contributed by atoms with Crippen LogP contribution in [0, 0.1) is 0 Å². The first-order valence-electron chi connectivity index (χ1n) is 9.46. The van der Waals surface area contributed by atoms with Crippen molar-refractivity contribution in [1.82, 2.24) is 19.6 Å². The van der Waals surface area contributed by atoms with E-state index in [9.17, 15) is 4.79 Å². The number of furan rings is 1. The summed E-state index contributed by atoms with van der Waals surface area (Å²) >= 11 is 0. The standard InChI is InChI=1S/C19H27N5O2/c1-21-19(25)13-17(14-20-21)24-10-8-23(9-11-24)16-4-6-22(7-5-16)15-18-3-2-12-26-18/h2-3,12-14,16H,4-11,15H2,1H3. The van der Waals surface area contributed by atoms with Gasteiger partial charge >= 0.3 is 0 Å². The highest BCUT2D eigenvalue weighted by molar-refractivity contribution is 5.43. The third-order valence-corrected chi connectivity index (χ3v) is 5.67. The van der Waals surface area contributed by atoms with Crippen molar-refractivity contribution in [3.8, 4) is 0 Å². The van der Waals surface area contributed by atoms with Crippen LogP contribution in [0.1, 0.15) is 18.6 Å². The van der Waals surface area contributed by atoms with Crippen LogP contribution in [0.4, 0.5) is 5.69 Å². The van der Waals surface area contributed by atoms with E-state index in [2.05, 4.69) is 25.9 Å². The molecule has 0 radical (unpaired) electrons. The van der Waals surface area contributed by atoms with Crippen molar-refractivity contribution in [1.29, 1.82) is 0 Å². The Labute approximate surface area is 153 Å². The van der Waals surface area contributed by atoms with Crippen LogP contribution < -0.4 is 10.5 Å². The molecule has 140 valence electrons. The van der Waals surface area contributed by atoms with Crippen LogP contribution in [0.2, 0.25) is 0 Å². The molecule has 0 saturated carbocycles. The van der Waals surface area contributed by atoms with Gasteiger partial charge in [0.05, 0.1) is 24.7 Å². The summed E-state index contributed by atoms with van der Waals surface area (Å²) in [5.74, 6) is 1.06. The molecule has 4 rings (SSSR count). The molecule has 0 N–H and O–H groups in total. The molecule has 0 spiro atoms. The van der Waals surface area contributed by atoms with Crippen molar-refractivity contribution in [2.75, 3.05) is 44.2 Å². The molecule has 0 amide bonds. The van der Waals surface area contributed by atoms with Crippen molar-refractivity contribution in [3.05, 3.63) is 46.8 Å². The van der Waals surface area contributed by atoms with E-state index in [1.807, 2.05) is 6.07 Å². The third-order valence-electron chi connectivity index (χ3n) is 5.67. The second-order valence-corrected chi connectivity index (χ2v) is 7.29. The van der Waals surface area contributed by atoms with Gasteiger partial charge in [0.25, 0.3) is 5.56 Å². The number of rotatable bonds is 4. The summed E-state index contributed by atoms with van der Waals surface area (Å²) < 4.78 is 6.83. The minimum atomic E-state index is -0.0474. The summed E-state index contributed by atoms with van der Waals surface area (Å²) in [6, 6.07) is 6.37. The van der Waals surface area contributed by atoms with Gasteiger partial charge in [0.2, 0.25) is 0 Å². The largest absolute Gasteiger partial charge is 0.468 e. The molecule has 7 nitrogen and oxygen atoms in total. The molecule has 2 fully saturated rings. The van der Waals surface area contributed by atoms with E-state index >= 15 is 0 Å². The predicted octanol–water partition coefficient (Wildman–Crippen LogP) is 1.16. The second-order valence-electron chi connectivity index (χ2n) is 7.29. The van der Waals surface area contributed by atoms with Gasteiger partial charge in [-0.25, -0.2) is 4.68 Å². The van der Waals surface area contributed by atoms with E-state index in [0.29, 0.717) is 6.04 Å². The Balaban J connectivity index is 1.26. The topological polar surface area (TPSA) is 57.8 Å². The highest BCUT2D eigenvalue weighted by atomic mass is 16.3. The molecule has 4 heterocycles. The van der Waals surface area contributed by atoms with Crippen molar-refractivity contribution in [3.63, 3.8) is 0 Å². The number of nitrogens with zero attached hydrogens (tertiary/aromatic N) is 5. The maximum atomic E-state index is 11.8. The molecule has 2 saturated heterocycles. The average Bonchev–Trinajstić information content (AvgIpc) is 3.18. The molecule has 26 heavy (non-hydrogen) atoms. The molecule has 2 aromatic heterocycles. The van der Waals surface area contributed by atoms with Gasteiger partial charge < -0.3 is 9.32 Å². The van der Waals surface area contributed by atoms with Gasteiger partial charge in [-0.05, 0) is 25.0 Å². The van der Waals surface area contributed by atoms with Crippen LogP contribution in [0.5, 0.6) is 0 Å². The molecule has 7 heteroatoms. The smallest absolute Gasteiger partial charge is 0.268 e. The monoisotopic (exact) mass is 357 g/mol. The quantitative estimate of drug-likeness (QED) is 0.818. The van der Waals surface area contributed by atoms with Crippen LogP contribution >= 0.6 is 0 Å². The lowest BCUT2D eigenvalue weighted by Crippen LogP contribution is -2.53. The van der Waals surface area contributed by atoms with E-state index in [1.165, 1.54) is 17.5 Å². The Bertz CT molecular complexity index is 756. The fourth-order valence-corrected chi connectivity index (χ4v) is 4.04. The number of anilines is 1. The zero-order chi connectivity index (χ0) is 17.9. The molecular formula is C19H27N5O2. The number of aryl methyl sites for hydroxylation is 1. The lowest BCUT2D eigenvalue weighted by atomic mass is 10.0. The molecule has 0 aliphatic carbocycles. The molecule has 2 aliphatic heterocycles. The highest BCUT2D eigenvalue weighted by Gasteiger charge is 2.28. The molecular weight excluding hydrogens is 330 g/mol. The van der Waals surface area contributed by atoms with Gasteiger partial charge in [0.1, 0.15) is 5.76 Å². The van der Waals surface area contributed by atoms with E-state index in [0.717, 1.165) is 57.3 Å². The minimum Gasteiger partial charge on any atom is -0.468 e. The van der Waals surface area contributed by atoms with Gasteiger partial charge in [-0.3, -0.25) is 14.6 Å². The lowest BCUT2D eigenvalue weighted by molar-refractivity contribution is 0.0962. The Morgan fingerprint density at radius 2 is 1.92 bits per heavy atom. The number of hydrogen-bond acceptors (Lipinski definition) is 6. The van der Waals surface area contributed by atoms with E-state index in [4.69, 9.17) is 4.42 Å². The summed E-state index contributed by atoms with van der Waals surface area (Å²) in [7, 11) is 1.68. The second kappa shape index (κ2) is 7.63. The van der Waals surface area contributed by atoms with Gasteiger partial charge in [0, 0.05) is 58.4 Å². The Morgan fingerprint density at radius 3 is 2.58 bits per heavy atom. The fraction of sp³-hybridized carbons (Fsp3) is 0.579. The Hall–Kier alpha value is -2.12. The Kier molecular flexibility index (Phi) is 5.08. The SMILES string of the molecule is Cn1ncc(N2CCN(C3CCN(Cc4ccco4)CC3)CC2)cc1=O. The number of likely N-dealkylation sites (tertiary alicyclic amines) is 1. The van der Waals surface area contributed by atoms with Crippen LogP contribution in [-0.4, -0.2) is 64.9 Å². The van der Waals surface area contributed by atoms with Crippen LogP contribution in [0.3, 0.4) is 0 Å². The molecule has 0 unspecified atom stereocenters. The highest BCUT2D eigenvalue weighted by Crippen LogP contribution is 2.21. The van der Waals surface area contributed by atoms with Crippen molar-refractivity contribution in [2.45, 2.75) is 25.4 Å². The summed E-state index contributed by atoms with van der Waals surface area (Å²) in [6.45, 7) is 7.21. The van der Waals surface area contributed by atoms with Gasteiger partial charge in [0.15, 0.2) is 0 Å². The molecule has 2 aromatic rings. The fourth-order valence-electron chi connectivity index (χ4n) is 4.04. The van der Waals surface area contributed by atoms with E-state index in [-0.39, 0.29) is 5.56 Å². The number of piperidine rings is 1. The zero-order valence-corrected chi connectivity index (χ0v) is 15.4. The Morgan fingerprint density at radius 1 is 1.15 bits per heavy atom. The molecule has 0 atom stereocenters. The van der Waals surface area contributed by atoms with Gasteiger partial charge in [-0.15, -0.1) is 0 Å². The van der Waals surface area contributed by atoms with Crippen molar-refractivity contribution in [2.24, 2.45) is 7.05 Å². The summed E-state index contributed by atoms with van der Waals surface area (Å²) in [5.41, 5.74) is 0.898. The van der Waals surface area contributed by atoms with Gasteiger partial charge in [-0.1, -0.05) is 0 Å². The number of aromatic nitrogens is 2. The summed E-state index contributed by atoms with van der Waals surface area (Å²) in [6.07, 6.45) is 5.98. The molecule has 0 aromatic carbocycles.